The van der Waals surface area contributed by atoms with Gasteiger partial charge in [-0.15, -0.1) is 0 Å². The number of rotatable bonds is 2. The molecule has 0 bridgehead atoms. The summed E-state index contributed by atoms with van der Waals surface area (Å²) in [5.74, 6) is 0.937. The van der Waals surface area contributed by atoms with Crippen LogP contribution in [0, 0.1) is 0 Å². The highest BCUT2D eigenvalue weighted by atomic mass is 16.5. The maximum atomic E-state index is 5.42. The Morgan fingerprint density at radius 1 is 1.38 bits per heavy atom. The van der Waals surface area contributed by atoms with E-state index >= 15 is 0 Å². The number of hydrogen-bond acceptors (Lipinski definition) is 5. The molecule has 0 aliphatic carbocycles. The van der Waals surface area contributed by atoms with E-state index in [0.29, 0.717) is 11.7 Å². The SMILES string of the molecule is NCc1noc(-c2cnn3ccccc23)n1. The number of hydrogen-bond donors (Lipinski definition) is 1. The summed E-state index contributed by atoms with van der Waals surface area (Å²) in [5, 5.41) is 7.94. The highest BCUT2D eigenvalue weighted by Crippen LogP contribution is 2.22. The highest BCUT2D eigenvalue weighted by Gasteiger charge is 2.12. The van der Waals surface area contributed by atoms with Crippen molar-refractivity contribution in [1.82, 2.24) is 19.8 Å². The molecule has 0 amide bonds. The molecule has 0 atom stereocenters. The Morgan fingerprint density at radius 3 is 3.12 bits per heavy atom. The molecule has 3 rings (SSSR count). The summed E-state index contributed by atoms with van der Waals surface area (Å²) in [6.07, 6.45) is 3.56. The van der Waals surface area contributed by atoms with Crippen LogP contribution in [0.3, 0.4) is 0 Å². The monoisotopic (exact) mass is 215 g/mol. The van der Waals surface area contributed by atoms with Crippen molar-refractivity contribution in [3.63, 3.8) is 0 Å². The number of nitrogens with two attached hydrogens (primary N) is 1. The molecular formula is C10H9N5O. The van der Waals surface area contributed by atoms with Crippen LogP contribution < -0.4 is 5.73 Å². The van der Waals surface area contributed by atoms with Gasteiger partial charge in [-0.1, -0.05) is 11.2 Å². The summed E-state index contributed by atoms with van der Waals surface area (Å²) in [6, 6.07) is 5.78. The standard InChI is InChI=1S/C10H9N5O/c11-5-9-13-10(16-14-9)7-6-12-15-4-2-1-3-8(7)15/h1-4,6H,5,11H2. The summed E-state index contributed by atoms with van der Waals surface area (Å²) in [4.78, 5) is 4.17. The Balaban J connectivity index is 2.18. The largest absolute Gasteiger partial charge is 0.334 e. The Morgan fingerprint density at radius 2 is 2.31 bits per heavy atom. The molecule has 6 heteroatoms. The van der Waals surface area contributed by atoms with E-state index in [-0.39, 0.29) is 6.54 Å². The van der Waals surface area contributed by atoms with E-state index in [1.807, 2.05) is 24.4 Å². The van der Waals surface area contributed by atoms with Gasteiger partial charge in [0.15, 0.2) is 5.82 Å². The van der Waals surface area contributed by atoms with Crippen molar-refractivity contribution in [1.29, 1.82) is 0 Å². The summed E-state index contributed by atoms with van der Waals surface area (Å²) < 4.78 is 6.87. The molecule has 2 N–H and O–H groups in total. The molecule has 0 radical (unpaired) electrons. The fourth-order valence-electron chi connectivity index (χ4n) is 1.55. The van der Waals surface area contributed by atoms with Crippen molar-refractivity contribution < 1.29 is 4.52 Å². The molecule has 0 saturated carbocycles. The lowest BCUT2D eigenvalue weighted by Crippen LogP contribution is -1.97. The van der Waals surface area contributed by atoms with Gasteiger partial charge in [-0.05, 0) is 12.1 Å². The van der Waals surface area contributed by atoms with Crippen molar-refractivity contribution in [3.8, 4) is 11.5 Å². The van der Waals surface area contributed by atoms with Crippen LogP contribution in [-0.2, 0) is 6.54 Å². The van der Waals surface area contributed by atoms with E-state index in [9.17, 15) is 0 Å². The number of pyridine rings is 1. The quantitative estimate of drug-likeness (QED) is 0.685. The third kappa shape index (κ3) is 1.28. The molecular weight excluding hydrogens is 206 g/mol. The average molecular weight is 215 g/mol. The van der Waals surface area contributed by atoms with Gasteiger partial charge in [0.05, 0.1) is 23.8 Å². The van der Waals surface area contributed by atoms with Crippen LogP contribution in [-0.4, -0.2) is 19.8 Å². The van der Waals surface area contributed by atoms with Crippen LogP contribution in [0.25, 0.3) is 17.0 Å². The Kier molecular flexibility index (Phi) is 1.94. The average Bonchev–Trinajstić information content (AvgIpc) is 2.94. The third-order valence-electron chi connectivity index (χ3n) is 2.31. The zero-order chi connectivity index (χ0) is 11.0. The van der Waals surface area contributed by atoms with Gasteiger partial charge in [0.1, 0.15) is 0 Å². The minimum Gasteiger partial charge on any atom is -0.334 e. The van der Waals surface area contributed by atoms with Gasteiger partial charge in [-0.2, -0.15) is 10.1 Å². The predicted molar refractivity (Wildman–Crippen MR) is 56.4 cm³/mol. The molecule has 0 fully saturated rings. The first-order chi connectivity index (χ1) is 7.88. The molecule has 3 aromatic rings. The van der Waals surface area contributed by atoms with Gasteiger partial charge < -0.3 is 10.3 Å². The zero-order valence-corrected chi connectivity index (χ0v) is 8.37. The topological polar surface area (TPSA) is 82.2 Å². The smallest absolute Gasteiger partial charge is 0.261 e. The van der Waals surface area contributed by atoms with Gasteiger partial charge in [-0.25, -0.2) is 4.52 Å². The van der Waals surface area contributed by atoms with E-state index in [0.717, 1.165) is 11.1 Å². The number of fused-ring (bicyclic) bond motifs is 1. The lowest BCUT2D eigenvalue weighted by Gasteiger charge is -1.91. The van der Waals surface area contributed by atoms with Crippen LogP contribution >= 0.6 is 0 Å². The first-order valence-corrected chi connectivity index (χ1v) is 4.84. The molecule has 0 aliphatic heterocycles. The molecule has 0 unspecified atom stereocenters. The molecule has 0 saturated heterocycles. The molecule has 3 aromatic heterocycles. The van der Waals surface area contributed by atoms with Gasteiger partial charge in [0, 0.05) is 6.20 Å². The van der Waals surface area contributed by atoms with E-state index in [2.05, 4.69) is 15.2 Å². The fourth-order valence-corrected chi connectivity index (χ4v) is 1.55. The van der Waals surface area contributed by atoms with Crippen molar-refractivity contribution in [2.24, 2.45) is 5.73 Å². The Hall–Kier alpha value is -2.21. The van der Waals surface area contributed by atoms with Crippen LogP contribution in [0.1, 0.15) is 5.82 Å². The van der Waals surface area contributed by atoms with Crippen LogP contribution in [0.4, 0.5) is 0 Å². The van der Waals surface area contributed by atoms with Gasteiger partial charge in [0.25, 0.3) is 5.89 Å². The van der Waals surface area contributed by atoms with Crippen LogP contribution in [0.2, 0.25) is 0 Å². The lowest BCUT2D eigenvalue weighted by atomic mass is 10.2. The summed E-state index contributed by atoms with van der Waals surface area (Å²) in [7, 11) is 0. The van der Waals surface area contributed by atoms with Gasteiger partial charge in [-0.3, -0.25) is 0 Å². The van der Waals surface area contributed by atoms with E-state index in [4.69, 9.17) is 10.3 Å². The summed E-state index contributed by atoms with van der Waals surface area (Å²) in [6.45, 7) is 0.267. The Bertz CT molecular complexity index is 627. The Labute approximate surface area is 90.7 Å². The maximum Gasteiger partial charge on any atom is 0.261 e. The maximum absolute atomic E-state index is 5.42. The molecule has 16 heavy (non-hydrogen) atoms. The third-order valence-corrected chi connectivity index (χ3v) is 2.31. The normalized spacial score (nSPS) is 11.1. The molecule has 0 aliphatic rings. The first-order valence-electron chi connectivity index (χ1n) is 4.84. The second-order valence-corrected chi connectivity index (χ2v) is 3.31. The number of nitrogens with zero attached hydrogens (tertiary/aromatic N) is 4. The van der Waals surface area contributed by atoms with Gasteiger partial charge in [0.2, 0.25) is 0 Å². The van der Waals surface area contributed by atoms with E-state index in [1.165, 1.54) is 0 Å². The zero-order valence-electron chi connectivity index (χ0n) is 8.37. The molecule has 3 heterocycles. The predicted octanol–water partition coefficient (Wildman–Crippen LogP) is 0.843. The molecule has 0 aromatic carbocycles. The van der Waals surface area contributed by atoms with Crippen molar-refractivity contribution in [2.45, 2.75) is 6.54 Å². The van der Waals surface area contributed by atoms with Crippen molar-refractivity contribution >= 4 is 5.52 Å². The fraction of sp³-hybridized carbons (Fsp3) is 0.100. The number of aromatic nitrogens is 4. The molecule has 0 spiro atoms. The van der Waals surface area contributed by atoms with Crippen molar-refractivity contribution in [3.05, 3.63) is 36.4 Å². The van der Waals surface area contributed by atoms with Gasteiger partial charge >= 0.3 is 0 Å². The minimum atomic E-state index is 0.267. The second-order valence-electron chi connectivity index (χ2n) is 3.31. The van der Waals surface area contributed by atoms with Crippen molar-refractivity contribution in [2.75, 3.05) is 0 Å². The molecule has 80 valence electrons. The van der Waals surface area contributed by atoms with E-state index in [1.54, 1.807) is 10.7 Å². The highest BCUT2D eigenvalue weighted by molar-refractivity contribution is 5.74. The second kappa shape index (κ2) is 3.42. The van der Waals surface area contributed by atoms with E-state index < -0.39 is 0 Å². The molecule has 6 nitrogen and oxygen atoms in total. The summed E-state index contributed by atoms with van der Waals surface area (Å²) >= 11 is 0. The van der Waals surface area contributed by atoms with Crippen LogP contribution in [0.5, 0.6) is 0 Å². The lowest BCUT2D eigenvalue weighted by molar-refractivity contribution is 0.423. The van der Waals surface area contributed by atoms with Crippen LogP contribution in [0.15, 0.2) is 35.1 Å². The minimum absolute atomic E-state index is 0.267. The summed E-state index contributed by atoms with van der Waals surface area (Å²) in [5.41, 5.74) is 7.16. The first kappa shape index (κ1) is 9.05.